The standard InChI is InChI=1S/C8H6F4O2/c1-13-6-2-4(9)5(10)3-7(6)14-8(11)12/h2-3,8H,1H3. The first kappa shape index (κ1) is 10.6. The van der Waals surface area contributed by atoms with E-state index in [9.17, 15) is 17.6 Å². The summed E-state index contributed by atoms with van der Waals surface area (Å²) < 4.78 is 57.2. The van der Waals surface area contributed by atoms with Crippen LogP contribution in [0.4, 0.5) is 17.6 Å². The van der Waals surface area contributed by atoms with Crippen molar-refractivity contribution >= 4 is 0 Å². The van der Waals surface area contributed by atoms with E-state index in [4.69, 9.17) is 0 Å². The first-order chi connectivity index (χ1) is 6.54. The van der Waals surface area contributed by atoms with Crippen molar-refractivity contribution in [1.29, 1.82) is 0 Å². The number of halogens is 4. The monoisotopic (exact) mass is 210 g/mol. The van der Waals surface area contributed by atoms with Crippen molar-refractivity contribution in [1.82, 2.24) is 0 Å². The number of benzene rings is 1. The summed E-state index contributed by atoms with van der Waals surface area (Å²) in [5.41, 5.74) is 0. The largest absolute Gasteiger partial charge is 0.493 e. The Morgan fingerprint density at radius 3 is 2.00 bits per heavy atom. The van der Waals surface area contributed by atoms with Crippen molar-refractivity contribution in [3.63, 3.8) is 0 Å². The molecule has 0 amide bonds. The highest BCUT2D eigenvalue weighted by atomic mass is 19.3. The Kier molecular flexibility index (Phi) is 3.16. The Morgan fingerprint density at radius 2 is 1.57 bits per heavy atom. The van der Waals surface area contributed by atoms with Crippen LogP contribution in [0.1, 0.15) is 0 Å². The van der Waals surface area contributed by atoms with Gasteiger partial charge in [-0.25, -0.2) is 8.78 Å². The van der Waals surface area contributed by atoms with Gasteiger partial charge in [-0.15, -0.1) is 0 Å². The summed E-state index contributed by atoms with van der Waals surface area (Å²) in [5, 5.41) is 0. The Morgan fingerprint density at radius 1 is 1.07 bits per heavy atom. The Labute approximate surface area is 77.1 Å². The van der Waals surface area contributed by atoms with Crippen LogP contribution in [-0.2, 0) is 0 Å². The molecule has 0 aromatic heterocycles. The summed E-state index contributed by atoms with van der Waals surface area (Å²) in [6.45, 7) is -3.12. The Hall–Kier alpha value is -1.46. The van der Waals surface area contributed by atoms with Crippen LogP contribution in [-0.4, -0.2) is 13.7 Å². The van der Waals surface area contributed by atoms with Gasteiger partial charge >= 0.3 is 6.61 Å². The van der Waals surface area contributed by atoms with Crippen LogP contribution in [0.25, 0.3) is 0 Å². The summed E-state index contributed by atoms with van der Waals surface area (Å²) in [6, 6.07) is 1.13. The van der Waals surface area contributed by atoms with Gasteiger partial charge in [-0.1, -0.05) is 0 Å². The van der Waals surface area contributed by atoms with Gasteiger partial charge < -0.3 is 9.47 Å². The second-order valence-corrected chi connectivity index (χ2v) is 2.30. The molecular formula is C8H6F4O2. The molecule has 0 aliphatic rings. The van der Waals surface area contributed by atoms with Crippen LogP contribution in [0.3, 0.4) is 0 Å². The number of ether oxygens (including phenoxy) is 2. The molecule has 14 heavy (non-hydrogen) atoms. The summed E-state index contributed by atoms with van der Waals surface area (Å²) in [5.74, 6) is -3.30. The molecule has 0 saturated heterocycles. The van der Waals surface area contributed by atoms with Gasteiger partial charge in [0.25, 0.3) is 0 Å². The van der Waals surface area contributed by atoms with Crippen molar-refractivity contribution < 1.29 is 27.0 Å². The van der Waals surface area contributed by atoms with Gasteiger partial charge in [0.2, 0.25) is 0 Å². The van der Waals surface area contributed by atoms with Crippen LogP contribution in [0.5, 0.6) is 11.5 Å². The maximum atomic E-state index is 12.6. The first-order valence-electron chi connectivity index (χ1n) is 3.52. The van der Waals surface area contributed by atoms with Crippen LogP contribution in [0.15, 0.2) is 12.1 Å². The lowest BCUT2D eigenvalue weighted by molar-refractivity contribution is -0.0514. The summed E-state index contributed by atoms with van der Waals surface area (Å²) >= 11 is 0. The van der Waals surface area contributed by atoms with Crippen molar-refractivity contribution in [3.8, 4) is 11.5 Å². The van der Waals surface area contributed by atoms with Crippen LogP contribution in [0, 0.1) is 11.6 Å². The van der Waals surface area contributed by atoms with E-state index in [0.29, 0.717) is 12.1 Å². The molecule has 2 nitrogen and oxygen atoms in total. The number of hydrogen-bond acceptors (Lipinski definition) is 2. The van der Waals surface area contributed by atoms with Gasteiger partial charge in [0.15, 0.2) is 23.1 Å². The van der Waals surface area contributed by atoms with E-state index in [1.807, 2.05) is 0 Å². The van der Waals surface area contributed by atoms with Crippen molar-refractivity contribution in [2.24, 2.45) is 0 Å². The number of methoxy groups -OCH3 is 1. The van der Waals surface area contributed by atoms with Crippen molar-refractivity contribution in [2.45, 2.75) is 6.61 Å². The smallest absolute Gasteiger partial charge is 0.387 e. The molecule has 1 rings (SSSR count). The van der Waals surface area contributed by atoms with E-state index in [2.05, 4.69) is 9.47 Å². The molecule has 0 radical (unpaired) electrons. The molecule has 0 heterocycles. The fraction of sp³-hybridized carbons (Fsp3) is 0.250. The molecule has 78 valence electrons. The molecule has 0 atom stereocenters. The molecule has 0 aliphatic carbocycles. The topological polar surface area (TPSA) is 18.5 Å². The average molecular weight is 210 g/mol. The average Bonchev–Trinajstić information content (AvgIpc) is 2.10. The van der Waals surface area contributed by atoms with E-state index in [1.165, 1.54) is 0 Å². The molecule has 0 saturated carbocycles. The predicted molar refractivity (Wildman–Crippen MR) is 39.5 cm³/mol. The van der Waals surface area contributed by atoms with Gasteiger partial charge in [0.05, 0.1) is 7.11 Å². The second-order valence-electron chi connectivity index (χ2n) is 2.30. The van der Waals surface area contributed by atoms with E-state index in [0.717, 1.165) is 7.11 Å². The normalized spacial score (nSPS) is 10.4. The van der Waals surface area contributed by atoms with Gasteiger partial charge in [-0.2, -0.15) is 8.78 Å². The second kappa shape index (κ2) is 4.17. The van der Waals surface area contributed by atoms with Crippen molar-refractivity contribution in [3.05, 3.63) is 23.8 Å². The third-order valence-electron chi connectivity index (χ3n) is 1.42. The molecule has 0 fully saturated rings. The minimum Gasteiger partial charge on any atom is -0.493 e. The third-order valence-corrected chi connectivity index (χ3v) is 1.42. The molecule has 0 aliphatic heterocycles. The zero-order valence-electron chi connectivity index (χ0n) is 7.06. The molecule has 1 aromatic rings. The number of hydrogen-bond donors (Lipinski definition) is 0. The highest BCUT2D eigenvalue weighted by molar-refractivity contribution is 5.40. The van der Waals surface area contributed by atoms with E-state index >= 15 is 0 Å². The molecule has 1 aromatic carbocycles. The Bertz CT molecular complexity index is 327. The third kappa shape index (κ3) is 2.27. The van der Waals surface area contributed by atoms with Crippen LogP contribution >= 0.6 is 0 Å². The number of alkyl halides is 2. The summed E-state index contributed by atoms with van der Waals surface area (Å²) in [6.07, 6.45) is 0. The quantitative estimate of drug-likeness (QED) is 0.714. The van der Waals surface area contributed by atoms with Gasteiger partial charge in [-0.3, -0.25) is 0 Å². The minimum atomic E-state index is -3.12. The highest BCUT2D eigenvalue weighted by Crippen LogP contribution is 2.30. The zero-order chi connectivity index (χ0) is 10.7. The molecule has 0 unspecified atom stereocenters. The van der Waals surface area contributed by atoms with E-state index < -0.39 is 24.0 Å². The van der Waals surface area contributed by atoms with E-state index in [1.54, 1.807) is 0 Å². The highest BCUT2D eigenvalue weighted by Gasteiger charge is 2.14. The van der Waals surface area contributed by atoms with Crippen LogP contribution < -0.4 is 9.47 Å². The minimum absolute atomic E-state index is 0.288. The zero-order valence-corrected chi connectivity index (χ0v) is 7.06. The molecule has 6 heteroatoms. The Balaban J connectivity index is 3.07. The fourth-order valence-electron chi connectivity index (χ4n) is 0.858. The molecule has 0 N–H and O–H groups in total. The molecule has 0 spiro atoms. The maximum absolute atomic E-state index is 12.6. The maximum Gasteiger partial charge on any atom is 0.387 e. The molecule has 0 bridgehead atoms. The van der Waals surface area contributed by atoms with Crippen LogP contribution in [0.2, 0.25) is 0 Å². The summed E-state index contributed by atoms with van der Waals surface area (Å²) in [7, 11) is 1.13. The summed E-state index contributed by atoms with van der Waals surface area (Å²) in [4.78, 5) is 0. The lowest BCUT2D eigenvalue weighted by Crippen LogP contribution is -2.04. The van der Waals surface area contributed by atoms with E-state index in [-0.39, 0.29) is 5.75 Å². The predicted octanol–water partition coefficient (Wildman–Crippen LogP) is 2.57. The van der Waals surface area contributed by atoms with Gasteiger partial charge in [0, 0.05) is 12.1 Å². The lowest BCUT2D eigenvalue weighted by Gasteiger charge is -2.09. The van der Waals surface area contributed by atoms with Crippen molar-refractivity contribution in [2.75, 3.05) is 7.11 Å². The molecular weight excluding hydrogens is 204 g/mol. The lowest BCUT2D eigenvalue weighted by atomic mass is 10.3. The fourth-order valence-corrected chi connectivity index (χ4v) is 0.858. The number of rotatable bonds is 3. The van der Waals surface area contributed by atoms with Gasteiger partial charge in [0.1, 0.15) is 0 Å². The first-order valence-corrected chi connectivity index (χ1v) is 3.52. The van der Waals surface area contributed by atoms with Gasteiger partial charge in [-0.05, 0) is 0 Å². The SMILES string of the molecule is COc1cc(F)c(F)cc1OC(F)F.